The van der Waals surface area contributed by atoms with Gasteiger partial charge in [-0.25, -0.2) is 0 Å². The van der Waals surface area contributed by atoms with Crippen molar-refractivity contribution in [2.24, 2.45) is 0 Å². The average Bonchev–Trinajstić information content (AvgIpc) is 2.94. The van der Waals surface area contributed by atoms with Gasteiger partial charge in [-0.15, -0.1) is 0 Å². The summed E-state index contributed by atoms with van der Waals surface area (Å²) in [6, 6.07) is 9.32. The van der Waals surface area contributed by atoms with Gasteiger partial charge in [-0.1, -0.05) is 30.3 Å². The molecule has 0 spiro atoms. The molecule has 2 aliphatic rings. The van der Waals surface area contributed by atoms with E-state index in [9.17, 15) is 10.2 Å². The molecular formula is C12H14CuNO7. The fourth-order valence-corrected chi connectivity index (χ4v) is 2.48. The molecular weight excluding hydrogens is 334 g/mol. The molecule has 2 saturated heterocycles. The van der Waals surface area contributed by atoms with Crippen LogP contribution in [0.3, 0.4) is 0 Å². The summed E-state index contributed by atoms with van der Waals surface area (Å²) in [7, 11) is 0. The molecule has 2 N–H and O–H groups in total. The van der Waals surface area contributed by atoms with Crippen molar-refractivity contribution in [2.45, 2.75) is 23.9 Å². The number of ether oxygens (including phenoxy) is 2. The van der Waals surface area contributed by atoms with Crippen LogP contribution in [0.4, 0.5) is 0 Å². The van der Waals surface area contributed by atoms with E-state index in [4.69, 9.17) is 24.8 Å². The zero-order valence-electron chi connectivity index (χ0n) is 10.7. The van der Waals surface area contributed by atoms with E-state index < -0.39 is 29.0 Å². The molecule has 0 radical (unpaired) electrons. The predicted molar refractivity (Wildman–Crippen MR) is 66.2 cm³/mol. The first-order valence-electron chi connectivity index (χ1n) is 5.96. The summed E-state index contributed by atoms with van der Waals surface area (Å²) in [6.45, 7) is 0.397. The second kappa shape index (κ2) is 7.17. The van der Waals surface area contributed by atoms with Crippen LogP contribution >= 0.6 is 0 Å². The van der Waals surface area contributed by atoms with Gasteiger partial charge >= 0.3 is 17.1 Å². The Balaban J connectivity index is 0.000000397. The van der Waals surface area contributed by atoms with E-state index in [0.717, 1.165) is 5.56 Å². The van der Waals surface area contributed by atoms with E-state index in [1.54, 1.807) is 0 Å². The molecule has 2 fully saturated rings. The molecule has 2 heterocycles. The van der Waals surface area contributed by atoms with Crippen LogP contribution in [0.25, 0.3) is 0 Å². The van der Waals surface area contributed by atoms with Crippen molar-refractivity contribution in [2.75, 3.05) is 13.2 Å². The number of rotatable bonds is 1. The number of hydrogen-bond donors (Lipinski definition) is 2. The third-order valence-electron chi connectivity index (χ3n) is 3.36. The number of aliphatic hydroxyl groups excluding tert-OH is 1. The third-order valence-corrected chi connectivity index (χ3v) is 3.36. The van der Waals surface area contributed by atoms with Crippen molar-refractivity contribution >= 4 is 0 Å². The van der Waals surface area contributed by atoms with Gasteiger partial charge in [-0.2, -0.15) is 0 Å². The van der Waals surface area contributed by atoms with Crippen LogP contribution in [-0.2, 0) is 32.1 Å². The number of fused-ring (bicyclic) bond motifs is 1. The van der Waals surface area contributed by atoms with E-state index in [2.05, 4.69) is 0 Å². The molecule has 0 aromatic heterocycles. The smallest absolute Gasteiger partial charge is 0.388 e. The molecule has 120 valence electrons. The zero-order valence-corrected chi connectivity index (χ0v) is 11.7. The van der Waals surface area contributed by atoms with Gasteiger partial charge in [0.15, 0.2) is 0 Å². The zero-order chi connectivity index (χ0) is 14.8. The topological polar surface area (TPSA) is 125 Å². The van der Waals surface area contributed by atoms with E-state index in [1.807, 2.05) is 30.3 Å². The van der Waals surface area contributed by atoms with Gasteiger partial charge < -0.3 is 35.0 Å². The van der Waals surface area contributed by atoms with Crippen molar-refractivity contribution in [3.8, 4) is 0 Å². The normalized spacial score (nSPS) is 33.3. The number of hydrogen-bond acceptors (Lipinski definition) is 7. The van der Waals surface area contributed by atoms with Crippen molar-refractivity contribution in [3.63, 3.8) is 0 Å². The molecule has 0 unspecified atom stereocenters. The maximum atomic E-state index is 10.6. The maximum Gasteiger partial charge on any atom is 1.00 e. The van der Waals surface area contributed by atoms with E-state index >= 15 is 0 Å². The van der Waals surface area contributed by atoms with Gasteiger partial charge in [0, 0.05) is 0 Å². The summed E-state index contributed by atoms with van der Waals surface area (Å²) in [5, 5.41) is 35.0. The summed E-state index contributed by atoms with van der Waals surface area (Å²) in [5.41, 5.74) is -0.361. The van der Waals surface area contributed by atoms with E-state index in [-0.39, 0.29) is 30.3 Å². The Hall–Kier alpha value is -1.22. The summed E-state index contributed by atoms with van der Waals surface area (Å²) in [6.07, 6.45) is -1.52. The quantitative estimate of drug-likeness (QED) is 0.409. The van der Waals surface area contributed by atoms with Gasteiger partial charge in [0.25, 0.3) is 0 Å². The number of benzene rings is 1. The molecule has 0 amide bonds. The first-order chi connectivity index (χ1) is 9.45. The third kappa shape index (κ3) is 3.70. The van der Waals surface area contributed by atoms with E-state index in [0.29, 0.717) is 0 Å². The Bertz CT molecular complexity index is 470. The molecule has 3 rings (SSSR count). The minimum Gasteiger partial charge on any atom is -0.388 e. The summed E-state index contributed by atoms with van der Waals surface area (Å²) in [4.78, 5) is 8.25. The number of aliphatic hydroxyl groups is 2. The van der Waals surface area contributed by atoms with Crippen molar-refractivity contribution in [3.05, 3.63) is 51.2 Å². The van der Waals surface area contributed by atoms with Gasteiger partial charge in [0.1, 0.15) is 23.9 Å². The Kier molecular flexibility index (Phi) is 6.09. The minimum atomic E-state index is -1.75. The van der Waals surface area contributed by atoms with Crippen molar-refractivity contribution in [1.82, 2.24) is 0 Å². The molecule has 8 nitrogen and oxygen atoms in total. The second-order valence-electron chi connectivity index (χ2n) is 4.61. The maximum absolute atomic E-state index is 10.6. The first-order valence-corrected chi connectivity index (χ1v) is 5.96. The Morgan fingerprint density at radius 3 is 2.38 bits per heavy atom. The Morgan fingerprint density at radius 2 is 1.81 bits per heavy atom. The average molecular weight is 348 g/mol. The van der Waals surface area contributed by atoms with Gasteiger partial charge in [0.2, 0.25) is 0 Å². The van der Waals surface area contributed by atoms with Crippen LogP contribution in [0, 0.1) is 15.3 Å². The Morgan fingerprint density at radius 1 is 1.24 bits per heavy atom. The molecule has 2 aliphatic heterocycles. The molecule has 0 aliphatic carbocycles. The van der Waals surface area contributed by atoms with E-state index in [1.165, 1.54) is 0 Å². The van der Waals surface area contributed by atoms with Crippen LogP contribution in [-0.4, -0.2) is 46.8 Å². The molecule has 0 bridgehead atoms. The molecule has 0 saturated carbocycles. The van der Waals surface area contributed by atoms with Gasteiger partial charge in [0.05, 0.1) is 18.3 Å². The Labute approximate surface area is 130 Å². The van der Waals surface area contributed by atoms with Crippen LogP contribution in [0.15, 0.2) is 30.3 Å². The second-order valence-corrected chi connectivity index (χ2v) is 4.61. The van der Waals surface area contributed by atoms with Gasteiger partial charge in [-0.3, -0.25) is 0 Å². The predicted octanol–water partition coefficient (Wildman–Crippen LogP) is -0.209. The molecule has 4 atom stereocenters. The van der Waals surface area contributed by atoms with Crippen LogP contribution < -0.4 is 0 Å². The standard InChI is InChI=1S/C12H14O4.Cu.NO3/c13-9-6-15-11-10(9)16-7-12(11,14)8-4-2-1-3-5-8;;2-1(3)4/h1-5,9-11,13-14H,6-7H2;;/q;+1;-1/t9-,10-,11+,12+;;/m1../s1. The molecule has 9 heteroatoms. The van der Waals surface area contributed by atoms with Crippen LogP contribution in [0.5, 0.6) is 0 Å². The first kappa shape index (κ1) is 17.8. The fraction of sp³-hybridized carbons (Fsp3) is 0.500. The summed E-state index contributed by atoms with van der Waals surface area (Å²) < 4.78 is 10.9. The monoisotopic (exact) mass is 347 g/mol. The van der Waals surface area contributed by atoms with Gasteiger partial charge in [-0.05, 0) is 5.56 Å². The van der Waals surface area contributed by atoms with Crippen molar-refractivity contribution in [1.29, 1.82) is 0 Å². The fourth-order valence-electron chi connectivity index (χ4n) is 2.48. The van der Waals surface area contributed by atoms with Crippen LogP contribution in [0.1, 0.15) is 5.56 Å². The minimum absolute atomic E-state index is 0. The largest absolute Gasteiger partial charge is 1.00 e. The van der Waals surface area contributed by atoms with Crippen molar-refractivity contribution < 1.29 is 41.8 Å². The summed E-state index contributed by atoms with van der Waals surface area (Å²) >= 11 is 0. The molecule has 21 heavy (non-hydrogen) atoms. The summed E-state index contributed by atoms with van der Waals surface area (Å²) in [5.74, 6) is 0. The molecule has 1 aromatic rings. The van der Waals surface area contributed by atoms with Crippen LogP contribution in [0.2, 0.25) is 0 Å². The molecule has 1 aromatic carbocycles. The number of nitrogens with zero attached hydrogens (tertiary/aromatic N) is 1. The SMILES string of the molecule is O=[N+]([O-])[O-].O[C@@H]1CO[C@H]2[C@@H]1OC[C@]2(O)c1ccccc1.[Cu+].